The molecule has 31 heavy (non-hydrogen) atoms. The van der Waals surface area contributed by atoms with E-state index in [9.17, 15) is 27.9 Å². The van der Waals surface area contributed by atoms with Crippen molar-refractivity contribution in [3.05, 3.63) is 30.3 Å². The van der Waals surface area contributed by atoms with Crippen molar-refractivity contribution < 1.29 is 27.9 Å². The van der Waals surface area contributed by atoms with Crippen molar-refractivity contribution in [2.75, 3.05) is 26.7 Å². The van der Waals surface area contributed by atoms with E-state index in [1.807, 2.05) is 0 Å². The van der Waals surface area contributed by atoms with Gasteiger partial charge in [0, 0.05) is 19.6 Å². The van der Waals surface area contributed by atoms with Gasteiger partial charge < -0.3 is 20.6 Å². The highest BCUT2D eigenvalue weighted by molar-refractivity contribution is 7.89. The second-order valence-electron chi connectivity index (χ2n) is 7.80. The molecular formula is C20H30N4O6S. The summed E-state index contributed by atoms with van der Waals surface area (Å²) in [6.45, 7) is 4.63. The molecule has 1 fully saturated rings. The van der Waals surface area contributed by atoms with E-state index in [1.54, 1.807) is 46.0 Å². The number of benzene rings is 1. The van der Waals surface area contributed by atoms with Crippen LogP contribution in [-0.4, -0.2) is 85.3 Å². The summed E-state index contributed by atoms with van der Waals surface area (Å²) in [5.74, 6) is -2.53. The lowest BCUT2D eigenvalue weighted by atomic mass is 10.0. The Bertz CT molecular complexity index is 906. The number of rotatable bonds is 8. The third-order valence-electron chi connectivity index (χ3n) is 5.35. The minimum Gasteiger partial charge on any atom is -0.480 e. The fourth-order valence-corrected chi connectivity index (χ4v) is 4.75. The number of nitrogens with one attached hydrogen (secondary N) is 2. The monoisotopic (exact) mass is 454 g/mol. The number of piperazine rings is 1. The molecule has 3 atom stereocenters. The van der Waals surface area contributed by atoms with Gasteiger partial charge in [0.25, 0.3) is 0 Å². The van der Waals surface area contributed by atoms with Crippen molar-refractivity contribution in [1.82, 2.24) is 19.8 Å². The van der Waals surface area contributed by atoms with Crippen LogP contribution in [-0.2, 0) is 24.4 Å². The van der Waals surface area contributed by atoms with Gasteiger partial charge in [-0.2, -0.15) is 4.31 Å². The number of aliphatic carboxylic acids is 1. The van der Waals surface area contributed by atoms with Gasteiger partial charge in [-0.15, -0.1) is 0 Å². The van der Waals surface area contributed by atoms with Crippen LogP contribution in [0.1, 0.15) is 20.8 Å². The summed E-state index contributed by atoms with van der Waals surface area (Å²) in [6.07, 6.45) is 0. The smallest absolute Gasteiger partial charge is 0.327 e. The lowest BCUT2D eigenvalue weighted by Gasteiger charge is -2.40. The fourth-order valence-electron chi connectivity index (χ4n) is 3.29. The largest absolute Gasteiger partial charge is 0.480 e. The fraction of sp³-hybridized carbons (Fsp3) is 0.550. The molecule has 1 heterocycles. The van der Waals surface area contributed by atoms with E-state index < -0.39 is 40.0 Å². The van der Waals surface area contributed by atoms with Crippen LogP contribution in [0, 0.1) is 5.92 Å². The van der Waals surface area contributed by atoms with Crippen molar-refractivity contribution >= 4 is 27.8 Å². The summed E-state index contributed by atoms with van der Waals surface area (Å²) >= 11 is 0. The zero-order valence-corrected chi connectivity index (χ0v) is 18.9. The predicted octanol–water partition coefficient (Wildman–Crippen LogP) is -0.279. The van der Waals surface area contributed by atoms with Gasteiger partial charge in [0.05, 0.1) is 10.9 Å². The van der Waals surface area contributed by atoms with Gasteiger partial charge in [-0.1, -0.05) is 32.0 Å². The molecule has 0 aromatic heterocycles. The number of carboxylic acid groups (broad SMARTS) is 1. The average molecular weight is 455 g/mol. The molecule has 10 nitrogen and oxygen atoms in total. The van der Waals surface area contributed by atoms with Crippen LogP contribution < -0.4 is 10.6 Å². The Balaban J connectivity index is 2.24. The number of hydrogen-bond donors (Lipinski definition) is 3. The van der Waals surface area contributed by atoms with Gasteiger partial charge in [-0.3, -0.25) is 9.59 Å². The minimum atomic E-state index is -3.89. The molecule has 3 unspecified atom stereocenters. The summed E-state index contributed by atoms with van der Waals surface area (Å²) in [6, 6.07) is 4.92. The van der Waals surface area contributed by atoms with Crippen molar-refractivity contribution in [1.29, 1.82) is 0 Å². The van der Waals surface area contributed by atoms with Crippen molar-refractivity contribution in [3.63, 3.8) is 0 Å². The first-order chi connectivity index (χ1) is 14.5. The van der Waals surface area contributed by atoms with Crippen LogP contribution in [0.2, 0.25) is 0 Å². The number of carbonyl (C=O) groups is 3. The molecule has 0 bridgehead atoms. The number of hydrogen-bond acceptors (Lipinski definition) is 6. The number of amides is 2. The normalized spacial score (nSPS) is 19.6. The SMILES string of the molecule is CNC(C)C(=O)NC(C(=O)N1CCN(S(=O)(=O)c2ccccc2)CC1C(=O)O)C(C)C. The molecule has 1 saturated heterocycles. The van der Waals surface area contributed by atoms with Crippen LogP contribution in [0.25, 0.3) is 0 Å². The topological polar surface area (TPSA) is 136 Å². The molecule has 2 amide bonds. The van der Waals surface area contributed by atoms with Crippen molar-refractivity contribution in [3.8, 4) is 0 Å². The molecule has 2 rings (SSSR count). The number of likely N-dealkylation sites (N-methyl/N-ethyl adjacent to an activating group) is 1. The molecule has 172 valence electrons. The average Bonchev–Trinajstić information content (AvgIpc) is 2.76. The number of nitrogens with zero attached hydrogens (tertiary/aromatic N) is 2. The summed E-state index contributed by atoms with van der Waals surface area (Å²) in [4.78, 5) is 38.6. The molecule has 1 aliphatic heterocycles. The van der Waals surface area contributed by atoms with Gasteiger partial charge in [0.2, 0.25) is 21.8 Å². The Morgan fingerprint density at radius 3 is 2.23 bits per heavy atom. The van der Waals surface area contributed by atoms with Crippen LogP contribution in [0.4, 0.5) is 0 Å². The van der Waals surface area contributed by atoms with Gasteiger partial charge in [-0.05, 0) is 32.0 Å². The highest BCUT2D eigenvalue weighted by atomic mass is 32.2. The zero-order chi connectivity index (χ0) is 23.3. The Labute approximate surface area is 182 Å². The molecule has 1 aromatic carbocycles. The molecular weight excluding hydrogens is 424 g/mol. The first kappa shape index (κ1) is 24.8. The first-order valence-electron chi connectivity index (χ1n) is 10.1. The first-order valence-corrected chi connectivity index (χ1v) is 11.5. The van der Waals surface area contributed by atoms with Crippen LogP contribution in [0.5, 0.6) is 0 Å². The second-order valence-corrected chi connectivity index (χ2v) is 9.74. The van der Waals surface area contributed by atoms with Crippen LogP contribution in [0.3, 0.4) is 0 Å². The third kappa shape index (κ3) is 5.60. The Kier molecular flexibility index (Phi) is 8.15. The van der Waals surface area contributed by atoms with Crippen molar-refractivity contribution in [2.45, 2.75) is 43.8 Å². The van der Waals surface area contributed by atoms with E-state index in [0.717, 1.165) is 9.21 Å². The molecule has 0 spiro atoms. The lowest BCUT2D eigenvalue weighted by molar-refractivity contribution is -0.154. The number of carbonyl (C=O) groups excluding carboxylic acids is 2. The van der Waals surface area contributed by atoms with E-state index in [0.29, 0.717) is 0 Å². The predicted molar refractivity (Wildman–Crippen MR) is 114 cm³/mol. The van der Waals surface area contributed by atoms with Gasteiger partial charge in [0.15, 0.2) is 0 Å². The van der Waals surface area contributed by atoms with E-state index in [-0.39, 0.29) is 36.4 Å². The highest BCUT2D eigenvalue weighted by Gasteiger charge is 2.42. The molecule has 3 N–H and O–H groups in total. The molecule has 0 radical (unpaired) electrons. The maximum Gasteiger partial charge on any atom is 0.327 e. The highest BCUT2D eigenvalue weighted by Crippen LogP contribution is 2.21. The minimum absolute atomic E-state index is 0.0432. The van der Waals surface area contributed by atoms with E-state index in [4.69, 9.17) is 0 Å². The summed E-state index contributed by atoms with van der Waals surface area (Å²) in [5, 5.41) is 15.2. The maximum absolute atomic E-state index is 13.2. The van der Waals surface area contributed by atoms with E-state index in [1.165, 1.54) is 12.1 Å². The number of carboxylic acids is 1. The standard InChI is InChI=1S/C20H30N4O6S/c1-13(2)17(22-18(25)14(3)21-4)19(26)24-11-10-23(12-16(24)20(27)28)31(29,30)15-8-6-5-7-9-15/h5-9,13-14,16-17,21H,10-12H2,1-4H3,(H,22,25)(H,27,28). The third-order valence-corrected chi connectivity index (χ3v) is 7.23. The van der Waals surface area contributed by atoms with Gasteiger partial charge in [0.1, 0.15) is 12.1 Å². The number of sulfonamides is 1. The summed E-state index contributed by atoms with van der Waals surface area (Å²) in [5.41, 5.74) is 0. The maximum atomic E-state index is 13.2. The Morgan fingerprint density at radius 1 is 1.10 bits per heavy atom. The van der Waals surface area contributed by atoms with Crippen LogP contribution >= 0.6 is 0 Å². The Hall–Kier alpha value is -2.50. The van der Waals surface area contributed by atoms with Crippen molar-refractivity contribution in [2.24, 2.45) is 5.92 Å². The Morgan fingerprint density at radius 2 is 1.71 bits per heavy atom. The van der Waals surface area contributed by atoms with E-state index >= 15 is 0 Å². The molecule has 0 aliphatic carbocycles. The quantitative estimate of drug-likeness (QED) is 0.491. The molecule has 11 heteroatoms. The second kappa shape index (κ2) is 10.2. The molecule has 0 saturated carbocycles. The van der Waals surface area contributed by atoms with E-state index in [2.05, 4.69) is 10.6 Å². The zero-order valence-electron chi connectivity index (χ0n) is 18.1. The van der Waals surface area contributed by atoms with Gasteiger partial charge >= 0.3 is 5.97 Å². The summed E-state index contributed by atoms with van der Waals surface area (Å²) < 4.78 is 26.9. The lowest BCUT2D eigenvalue weighted by Crippen LogP contribution is -2.63. The van der Waals surface area contributed by atoms with Crippen LogP contribution in [0.15, 0.2) is 35.2 Å². The molecule has 1 aromatic rings. The molecule has 1 aliphatic rings. The summed E-state index contributed by atoms with van der Waals surface area (Å²) in [7, 11) is -2.28. The van der Waals surface area contributed by atoms with Gasteiger partial charge in [-0.25, -0.2) is 13.2 Å².